The van der Waals surface area contributed by atoms with Gasteiger partial charge in [-0.3, -0.25) is 9.59 Å². The highest BCUT2D eigenvalue weighted by atomic mass is 16.3. The molecule has 0 radical (unpaired) electrons. The minimum Gasteiger partial charge on any atom is -0.508 e. The molecule has 1 aromatic carbocycles. The first-order valence-corrected chi connectivity index (χ1v) is 10.2. The van der Waals surface area contributed by atoms with E-state index in [1.807, 2.05) is 52.2 Å². The number of nitrogens with one attached hydrogen (secondary N) is 3. The fourth-order valence-electron chi connectivity index (χ4n) is 3.87. The summed E-state index contributed by atoms with van der Waals surface area (Å²) in [6.07, 6.45) is 3.14. The van der Waals surface area contributed by atoms with Crippen LogP contribution in [0.15, 0.2) is 15.9 Å². The monoisotopic (exact) mass is 412 g/mol. The Morgan fingerprint density at radius 2 is 1.61 bits per heavy atom. The van der Waals surface area contributed by atoms with Crippen LogP contribution in [0.5, 0.6) is 5.75 Å². The molecule has 3 rings (SSSR count). The number of benzene rings is 1. The molecule has 12 heteroatoms. The second-order valence-electron chi connectivity index (χ2n) is 9.10. The van der Waals surface area contributed by atoms with Crippen molar-refractivity contribution in [3.8, 4) is 5.75 Å². The van der Waals surface area contributed by atoms with Crippen LogP contribution in [0.1, 0.15) is 37.7 Å². The third-order valence-corrected chi connectivity index (χ3v) is 6.06. The second kappa shape index (κ2) is 7.91. The van der Waals surface area contributed by atoms with Gasteiger partial charge < -0.3 is 20.1 Å². The zero-order valence-electron chi connectivity index (χ0n) is 19.4. The number of nitrogens with zero attached hydrogens (tertiary/aromatic N) is 1. The van der Waals surface area contributed by atoms with E-state index in [9.17, 15) is 14.7 Å². The number of hydrogen-bond acceptors (Lipinski definition) is 4. The Hall–Kier alpha value is -3.03. The number of aromatic hydroxyl groups is 1. The van der Waals surface area contributed by atoms with Crippen LogP contribution in [0.3, 0.4) is 0 Å². The van der Waals surface area contributed by atoms with Crippen LogP contribution in [0, 0.1) is 0 Å². The molecule has 2 heterocycles. The van der Waals surface area contributed by atoms with Crippen molar-refractivity contribution in [2.24, 2.45) is 0 Å². The van der Waals surface area contributed by atoms with Gasteiger partial charge >= 0.3 is 0 Å². The molecule has 3 aromatic rings. The number of phenols is 1. The molecule has 7 nitrogen and oxygen atoms in total. The zero-order valence-corrected chi connectivity index (χ0v) is 19.4. The molecule has 31 heavy (non-hydrogen) atoms. The highest BCUT2D eigenvalue weighted by Gasteiger charge is 2.19. The van der Waals surface area contributed by atoms with Crippen molar-refractivity contribution >= 4 is 72.6 Å². The molecule has 0 bridgehead atoms. The minimum absolute atomic E-state index is 0.122. The van der Waals surface area contributed by atoms with Gasteiger partial charge in [-0.25, -0.2) is 4.98 Å². The first-order chi connectivity index (χ1) is 14.3. The van der Waals surface area contributed by atoms with E-state index in [2.05, 4.69) is 19.9 Å². The van der Waals surface area contributed by atoms with E-state index in [4.69, 9.17) is 0 Å². The molecule has 0 saturated heterocycles. The third kappa shape index (κ3) is 3.99. The summed E-state index contributed by atoms with van der Waals surface area (Å²) >= 11 is 0. The lowest BCUT2D eigenvalue weighted by Crippen LogP contribution is -2.51. The molecule has 4 N–H and O–H groups in total. The molecule has 0 aliphatic heterocycles. The smallest absolute Gasteiger partial charge is 0.272 e. The molecule has 0 fully saturated rings. The SMILES string of the molecule is B/C(c1c(B)c(B)c(B)c(B)c1O)=c1/[nH]c(=O)/c(=C/c2nc[nH]c2C(C)(C)C)[nH]c1=O. The number of aromatic nitrogens is 4. The van der Waals surface area contributed by atoms with Gasteiger partial charge in [0.25, 0.3) is 11.1 Å². The molecule has 0 aliphatic rings. The van der Waals surface area contributed by atoms with E-state index in [0.717, 1.165) is 27.5 Å². The van der Waals surface area contributed by atoms with Crippen molar-refractivity contribution in [1.29, 1.82) is 0 Å². The van der Waals surface area contributed by atoms with Crippen LogP contribution in [0.2, 0.25) is 0 Å². The Labute approximate surface area is 184 Å². The lowest BCUT2D eigenvalue weighted by molar-refractivity contribution is 0.479. The minimum atomic E-state index is -0.439. The van der Waals surface area contributed by atoms with Crippen molar-refractivity contribution in [3.05, 3.63) is 54.7 Å². The van der Waals surface area contributed by atoms with E-state index in [0.29, 0.717) is 16.7 Å². The normalized spacial score (nSPS) is 13.5. The summed E-state index contributed by atoms with van der Waals surface area (Å²) in [6, 6.07) is 0. The van der Waals surface area contributed by atoms with Crippen LogP contribution < -0.4 is 43.7 Å². The van der Waals surface area contributed by atoms with E-state index >= 15 is 0 Å². The summed E-state index contributed by atoms with van der Waals surface area (Å²) in [5, 5.41) is 11.0. The van der Waals surface area contributed by atoms with E-state index < -0.39 is 11.1 Å². The molecule has 154 valence electrons. The molecule has 0 saturated carbocycles. The molecule has 0 spiro atoms. The molecule has 0 amide bonds. The number of aromatic amines is 3. The van der Waals surface area contributed by atoms with Crippen molar-refractivity contribution in [3.63, 3.8) is 0 Å². The Morgan fingerprint density at radius 1 is 1.00 bits per heavy atom. The van der Waals surface area contributed by atoms with Crippen LogP contribution in [-0.2, 0) is 5.41 Å². The molecular formula is C19H25B5N4O3. The Kier molecular flexibility index (Phi) is 5.78. The van der Waals surface area contributed by atoms with Gasteiger partial charge in [0.1, 0.15) is 55.7 Å². The first kappa shape index (κ1) is 22.7. The second-order valence-corrected chi connectivity index (χ2v) is 9.10. The van der Waals surface area contributed by atoms with Gasteiger partial charge in [-0.15, -0.1) is 5.46 Å². The lowest BCUT2D eigenvalue weighted by Gasteiger charge is -2.18. The molecule has 0 atom stereocenters. The van der Waals surface area contributed by atoms with Gasteiger partial charge in [0, 0.05) is 16.7 Å². The summed E-state index contributed by atoms with van der Waals surface area (Å²) in [5.74, 6) is 0.125. The van der Waals surface area contributed by atoms with Gasteiger partial charge in [0.15, 0.2) is 0 Å². The molecule has 0 unspecified atom stereocenters. The molecule has 2 aromatic heterocycles. The summed E-state index contributed by atoms with van der Waals surface area (Å²) in [4.78, 5) is 38.5. The van der Waals surface area contributed by atoms with Crippen molar-refractivity contribution in [1.82, 2.24) is 19.9 Å². The standard InChI is InChI=1S/C19H25B5N4O3/c1-19(2,3)16-6(25-5-26-16)4-7-17(30)28-14(18(31)27-7)10(21)8-9(20)11(22)12(23)13(24)15(8)29/h4-5,29H,20-24H2,1-3H3,(H,25,26)(H,27,31)(H,28,30)/b7-4-,14-10+. The largest absolute Gasteiger partial charge is 0.508 e. The Bertz CT molecular complexity index is 1400. The maximum Gasteiger partial charge on any atom is 0.272 e. The average molecular weight is 411 g/mol. The van der Waals surface area contributed by atoms with Crippen molar-refractivity contribution in [2.75, 3.05) is 0 Å². The topological polar surface area (TPSA) is 115 Å². The van der Waals surface area contributed by atoms with Gasteiger partial charge in [0.2, 0.25) is 0 Å². The van der Waals surface area contributed by atoms with Gasteiger partial charge in [-0.2, -0.15) is 0 Å². The van der Waals surface area contributed by atoms with Gasteiger partial charge in [0.05, 0.1) is 12.0 Å². The highest BCUT2D eigenvalue weighted by molar-refractivity contribution is 6.64. The van der Waals surface area contributed by atoms with Crippen LogP contribution in [-0.4, -0.2) is 64.3 Å². The number of phenolic OH excluding ortho intramolecular Hbond substituents is 1. The quantitative estimate of drug-likeness (QED) is 0.314. The van der Waals surface area contributed by atoms with Crippen LogP contribution >= 0.6 is 0 Å². The number of rotatable bonds is 2. The van der Waals surface area contributed by atoms with E-state index in [1.165, 1.54) is 0 Å². The van der Waals surface area contributed by atoms with Crippen molar-refractivity contribution in [2.45, 2.75) is 26.2 Å². The fraction of sp³-hybridized carbons (Fsp3) is 0.211. The van der Waals surface area contributed by atoms with Gasteiger partial charge in [-0.05, 0) is 6.08 Å². The first-order valence-electron chi connectivity index (χ1n) is 10.2. The third-order valence-electron chi connectivity index (χ3n) is 6.06. The number of imidazole rings is 1. The van der Waals surface area contributed by atoms with Gasteiger partial charge in [-0.1, -0.05) is 42.6 Å². The summed E-state index contributed by atoms with van der Waals surface area (Å²) in [7, 11) is 9.41. The van der Waals surface area contributed by atoms with E-state index in [1.54, 1.807) is 20.2 Å². The van der Waals surface area contributed by atoms with Crippen LogP contribution in [0.25, 0.3) is 11.5 Å². The maximum atomic E-state index is 12.9. The predicted molar refractivity (Wildman–Crippen MR) is 140 cm³/mol. The number of H-pyrrole nitrogens is 3. The average Bonchev–Trinajstić information content (AvgIpc) is 3.16. The maximum absolute atomic E-state index is 12.9. The molecular weight excluding hydrogens is 386 g/mol. The van der Waals surface area contributed by atoms with Crippen LogP contribution in [0.4, 0.5) is 0 Å². The predicted octanol–water partition coefficient (Wildman–Crippen LogP) is -7.56. The summed E-state index contributed by atoms with van der Waals surface area (Å²) < 4.78 is 0. The molecule has 0 aliphatic carbocycles. The summed E-state index contributed by atoms with van der Waals surface area (Å²) in [5.41, 5.74) is 5.16. The Balaban J connectivity index is 2.31. The summed E-state index contributed by atoms with van der Waals surface area (Å²) in [6.45, 7) is 6.10. The highest BCUT2D eigenvalue weighted by Crippen LogP contribution is 2.22. The van der Waals surface area contributed by atoms with E-state index in [-0.39, 0.29) is 21.9 Å². The number of hydrogen-bond donors (Lipinski definition) is 4. The lowest BCUT2D eigenvalue weighted by atomic mass is 9.63. The fourth-order valence-corrected chi connectivity index (χ4v) is 3.87. The zero-order chi connectivity index (χ0) is 23.2. The Morgan fingerprint density at radius 3 is 2.23 bits per heavy atom. The van der Waals surface area contributed by atoms with Crippen molar-refractivity contribution < 1.29 is 5.11 Å².